The number of aromatic nitrogens is 2. The minimum Gasteiger partial charge on any atom is -0.382 e. The summed E-state index contributed by atoms with van der Waals surface area (Å²) in [4.78, 5) is 27.9. The van der Waals surface area contributed by atoms with E-state index in [1.165, 1.54) is 0 Å². The molecule has 2 aliphatic rings. The second kappa shape index (κ2) is 8.14. The van der Waals surface area contributed by atoms with Crippen molar-refractivity contribution in [1.82, 2.24) is 19.6 Å². The third kappa shape index (κ3) is 3.94. The molecule has 3 heterocycles. The van der Waals surface area contributed by atoms with Gasteiger partial charge >= 0.3 is 0 Å². The summed E-state index contributed by atoms with van der Waals surface area (Å²) in [6.45, 7) is 3.26. The van der Waals surface area contributed by atoms with Crippen molar-refractivity contribution in [2.75, 3.05) is 19.6 Å². The number of rotatable bonds is 6. The molecule has 4 rings (SSSR count). The van der Waals surface area contributed by atoms with E-state index in [0.29, 0.717) is 51.1 Å². The first-order chi connectivity index (χ1) is 13.6. The fourth-order valence-corrected chi connectivity index (χ4v) is 3.96. The highest BCUT2D eigenvalue weighted by atomic mass is 16.3. The van der Waals surface area contributed by atoms with Crippen LogP contribution in [0.2, 0.25) is 0 Å². The van der Waals surface area contributed by atoms with E-state index in [1.807, 2.05) is 50.9 Å². The number of fused-ring (bicyclic) bond motifs is 1. The SMILES string of the molecule is O=C1CCCN1CCCC(=O)N1CCn2nc([C@H](O)c3ccccc3)cc2C1. The molecule has 0 aliphatic carbocycles. The van der Waals surface area contributed by atoms with Crippen LogP contribution < -0.4 is 0 Å². The van der Waals surface area contributed by atoms with Crippen LogP contribution >= 0.6 is 0 Å². The molecule has 0 unspecified atom stereocenters. The van der Waals surface area contributed by atoms with E-state index in [4.69, 9.17) is 0 Å². The van der Waals surface area contributed by atoms with Gasteiger partial charge in [-0.25, -0.2) is 0 Å². The Hall–Kier alpha value is -2.67. The van der Waals surface area contributed by atoms with E-state index in [9.17, 15) is 14.7 Å². The Balaban J connectivity index is 1.33. The van der Waals surface area contributed by atoms with E-state index in [-0.39, 0.29) is 11.8 Å². The smallest absolute Gasteiger partial charge is 0.223 e. The van der Waals surface area contributed by atoms with Crippen LogP contribution in [0.5, 0.6) is 0 Å². The molecule has 0 spiro atoms. The van der Waals surface area contributed by atoms with Crippen LogP contribution in [0.1, 0.15) is 48.7 Å². The highest BCUT2D eigenvalue weighted by molar-refractivity contribution is 5.78. The normalized spacial score (nSPS) is 17.7. The van der Waals surface area contributed by atoms with Crippen molar-refractivity contribution in [3.05, 3.63) is 53.3 Å². The number of carbonyl (C=O) groups excluding carboxylic acids is 2. The van der Waals surface area contributed by atoms with Gasteiger partial charge in [0.15, 0.2) is 0 Å². The lowest BCUT2D eigenvalue weighted by Gasteiger charge is -2.28. The molecule has 1 saturated heterocycles. The van der Waals surface area contributed by atoms with Crippen molar-refractivity contribution in [2.45, 2.75) is 44.9 Å². The lowest BCUT2D eigenvalue weighted by atomic mass is 10.1. The molecular formula is C21H26N4O3. The number of hydrogen-bond donors (Lipinski definition) is 1. The van der Waals surface area contributed by atoms with Gasteiger partial charge in [0.05, 0.1) is 24.5 Å². The molecule has 148 valence electrons. The Bertz CT molecular complexity index is 849. The van der Waals surface area contributed by atoms with Gasteiger partial charge in [0.2, 0.25) is 11.8 Å². The summed E-state index contributed by atoms with van der Waals surface area (Å²) in [7, 11) is 0. The number of aliphatic hydroxyl groups excluding tert-OH is 1. The zero-order chi connectivity index (χ0) is 19.5. The van der Waals surface area contributed by atoms with Crippen LogP contribution in [0.25, 0.3) is 0 Å². The number of aliphatic hydroxyl groups is 1. The van der Waals surface area contributed by atoms with E-state index in [1.54, 1.807) is 0 Å². The molecule has 2 aliphatic heterocycles. The van der Waals surface area contributed by atoms with E-state index < -0.39 is 6.10 Å². The van der Waals surface area contributed by atoms with Crippen molar-refractivity contribution in [3.8, 4) is 0 Å². The number of hydrogen-bond acceptors (Lipinski definition) is 4. The van der Waals surface area contributed by atoms with Crippen molar-refractivity contribution >= 4 is 11.8 Å². The van der Waals surface area contributed by atoms with Crippen molar-refractivity contribution in [2.24, 2.45) is 0 Å². The first-order valence-corrected chi connectivity index (χ1v) is 9.97. The van der Waals surface area contributed by atoms with Gasteiger partial charge in [0.25, 0.3) is 0 Å². The Morgan fingerprint density at radius 2 is 2.00 bits per heavy atom. The van der Waals surface area contributed by atoms with Crippen molar-refractivity contribution in [3.63, 3.8) is 0 Å². The molecule has 2 amide bonds. The third-order valence-electron chi connectivity index (χ3n) is 5.56. The molecule has 1 aromatic carbocycles. The number of carbonyl (C=O) groups is 2. The standard InChI is InChI=1S/C21H26N4O3/c26-19-8-4-10-23(19)11-5-9-20(27)24-12-13-25-17(15-24)14-18(22-25)21(28)16-6-2-1-3-7-16/h1-3,6-7,14,21,28H,4-5,8-13,15H2/t21-/m1/s1. The Labute approximate surface area is 164 Å². The number of likely N-dealkylation sites (tertiary alicyclic amines) is 1. The molecular weight excluding hydrogens is 356 g/mol. The summed E-state index contributed by atoms with van der Waals surface area (Å²) in [5.41, 5.74) is 2.37. The lowest BCUT2D eigenvalue weighted by molar-refractivity contribution is -0.133. The topological polar surface area (TPSA) is 78.7 Å². The molecule has 2 aromatic rings. The molecule has 0 saturated carbocycles. The summed E-state index contributed by atoms with van der Waals surface area (Å²) in [6.07, 6.45) is 1.97. The number of nitrogens with zero attached hydrogens (tertiary/aromatic N) is 4. The summed E-state index contributed by atoms with van der Waals surface area (Å²) in [6, 6.07) is 11.3. The lowest BCUT2D eigenvalue weighted by Crippen LogP contribution is -2.38. The molecule has 1 atom stereocenters. The summed E-state index contributed by atoms with van der Waals surface area (Å²) < 4.78 is 1.88. The monoisotopic (exact) mass is 382 g/mol. The van der Waals surface area contributed by atoms with Gasteiger partial charge in [0.1, 0.15) is 6.10 Å². The van der Waals surface area contributed by atoms with E-state index in [0.717, 1.165) is 24.2 Å². The van der Waals surface area contributed by atoms with Crippen molar-refractivity contribution in [1.29, 1.82) is 0 Å². The average molecular weight is 382 g/mol. The van der Waals surface area contributed by atoms with Crippen LogP contribution in [0, 0.1) is 0 Å². The first-order valence-electron chi connectivity index (χ1n) is 9.97. The highest BCUT2D eigenvalue weighted by Gasteiger charge is 2.25. The predicted molar refractivity (Wildman–Crippen MR) is 103 cm³/mol. The summed E-state index contributed by atoms with van der Waals surface area (Å²) in [5.74, 6) is 0.322. The third-order valence-corrected chi connectivity index (χ3v) is 5.56. The number of amides is 2. The molecule has 0 radical (unpaired) electrons. The molecule has 7 heteroatoms. The zero-order valence-electron chi connectivity index (χ0n) is 16.0. The Morgan fingerprint density at radius 3 is 2.75 bits per heavy atom. The van der Waals surface area contributed by atoms with Crippen molar-refractivity contribution < 1.29 is 14.7 Å². The van der Waals surface area contributed by atoms with Gasteiger partial charge in [-0.2, -0.15) is 5.10 Å². The van der Waals surface area contributed by atoms with Gasteiger partial charge in [-0.15, -0.1) is 0 Å². The van der Waals surface area contributed by atoms with Crippen LogP contribution in [0.4, 0.5) is 0 Å². The minimum atomic E-state index is -0.763. The molecule has 28 heavy (non-hydrogen) atoms. The summed E-state index contributed by atoms with van der Waals surface area (Å²) >= 11 is 0. The quantitative estimate of drug-likeness (QED) is 0.825. The highest BCUT2D eigenvalue weighted by Crippen LogP contribution is 2.24. The van der Waals surface area contributed by atoms with Crippen LogP contribution in [0.3, 0.4) is 0 Å². The fraction of sp³-hybridized carbons (Fsp3) is 0.476. The van der Waals surface area contributed by atoms with E-state index in [2.05, 4.69) is 5.10 Å². The van der Waals surface area contributed by atoms with Crippen LogP contribution in [0.15, 0.2) is 36.4 Å². The largest absolute Gasteiger partial charge is 0.382 e. The van der Waals surface area contributed by atoms with Crippen LogP contribution in [-0.4, -0.2) is 56.1 Å². The first kappa shape index (κ1) is 18.7. The maximum atomic E-state index is 12.6. The molecule has 0 bridgehead atoms. The second-order valence-corrected chi connectivity index (χ2v) is 7.50. The average Bonchev–Trinajstić information content (AvgIpc) is 3.33. The minimum absolute atomic E-state index is 0.115. The molecule has 1 aromatic heterocycles. The maximum absolute atomic E-state index is 12.6. The maximum Gasteiger partial charge on any atom is 0.223 e. The van der Waals surface area contributed by atoms with Crippen LogP contribution in [-0.2, 0) is 22.7 Å². The van der Waals surface area contributed by atoms with Gasteiger partial charge in [0, 0.05) is 32.5 Å². The Morgan fingerprint density at radius 1 is 1.18 bits per heavy atom. The molecule has 7 nitrogen and oxygen atoms in total. The fourth-order valence-electron chi connectivity index (χ4n) is 3.96. The van der Waals surface area contributed by atoms with Gasteiger partial charge < -0.3 is 14.9 Å². The van der Waals surface area contributed by atoms with Gasteiger partial charge in [-0.1, -0.05) is 30.3 Å². The predicted octanol–water partition coefficient (Wildman–Crippen LogP) is 1.71. The van der Waals surface area contributed by atoms with Gasteiger partial charge in [-0.3, -0.25) is 14.3 Å². The zero-order valence-corrected chi connectivity index (χ0v) is 16.0. The second-order valence-electron chi connectivity index (χ2n) is 7.50. The molecule has 1 N–H and O–H groups in total. The number of benzene rings is 1. The van der Waals surface area contributed by atoms with E-state index >= 15 is 0 Å². The summed E-state index contributed by atoms with van der Waals surface area (Å²) in [5, 5.41) is 15.1. The molecule has 1 fully saturated rings. The van der Waals surface area contributed by atoms with Gasteiger partial charge in [-0.05, 0) is 24.5 Å². The Kier molecular flexibility index (Phi) is 5.43.